The minimum Gasteiger partial charge on any atom is -0.379 e. The van der Waals surface area contributed by atoms with Crippen molar-refractivity contribution in [3.8, 4) is 0 Å². The van der Waals surface area contributed by atoms with Gasteiger partial charge < -0.3 is 10.6 Å². The van der Waals surface area contributed by atoms with E-state index in [0.717, 1.165) is 41.3 Å². The molecule has 1 atom stereocenters. The Balaban J connectivity index is 1.78. The van der Waals surface area contributed by atoms with Gasteiger partial charge in [-0.1, -0.05) is 0 Å². The first kappa shape index (κ1) is 14.2. The van der Waals surface area contributed by atoms with Crippen molar-refractivity contribution in [1.29, 1.82) is 0 Å². The third kappa shape index (κ3) is 3.14. The quantitative estimate of drug-likeness (QED) is 0.656. The van der Waals surface area contributed by atoms with Crippen LogP contribution >= 0.6 is 11.3 Å². The molecule has 112 valence electrons. The molecule has 0 bridgehead atoms. The molecule has 21 heavy (non-hydrogen) atoms. The fourth-order valence-electron chi connectivity index (χ4n) is 2.74. The summed E-state index contributed by atoms with van der Waals surface area (Å²) in [6.45, 7) is 4.79. The summed E-state index contributed by atoms with van der Waals surface area (Å²) in [5.41, 5.74) is 1.53. The van der Waals surface area contributed by atoms with Crippen molar-refractivity contribution in [3.05, 3.63) is 27.3 Å². The van der Waals surface area contributed by atoms with Crippen LogP contribution < -0.4 is 10.6 Å². The Morgan fingerprint density at radius 3 is 3.14 bits per heavy atom. The fraction of sp³-hybridized carbons (Fsp3) is 0.500. The molecule has 0 aliphatic carbocycles. The molecule has 0 radical (unpaired) electrons. The minimum atomic E-state index is -0.325. The summed E-state index contributed by atoms with van der Waals surface area (Å²) in [4.78, 5) is 15.3. The van der Waals surface area contributed by atoms with Gasteiger partial charge in [0.05, 0.1) is 20.1 Å². The molecule has 1 aliphatic rings. The highest BCUT2D eigenvalue weighted by molar-refractivity contribution is 7.18. The first-order chi connectivity index (χ1) is 10.1. The lowest BCUT2D eigenvalue weighted by atomic mass is 10.1. The zero-order chi connectivity index (χ0) is 14.8. The van der Waals surface area contributed by atoms with Gasteiger partial charge >= 0.3 is 0 Å². The predicted octanol–water partition coefficient (Wildman–Crippen LogP) is 2.92. The highest BCUT2D eigenvalue weighted by atomic mass is 32.1. The molecule has 1 unspecified atom stereocenters. The number of nitro benzene ring substituents is 1. The number of benzene rings is 1. The number of nitrogens with one attached hydrogen (secondary N) is 2. The zero-order valence-electron chi connectivity index (χ0n) is 11.9. The molecule has 1 fully saturated rings. The van der Waals surface area contributed by atoms with E-state index < -0.39 is 0 Å². The van der Waals surface area contributed by atoms with Crippen molar-refractivity contribution in [2.75, 3.05) is 25.0 Å². The van der Waals surface area contributed by atoms with Crippen LogP contribution in [0.2, 0.25) is 0 Å². The van der Waals surface area contributed by atoms with Gasteiger partial charge in [0.25, 0.3) is 5.69 Å². The van der Waals surface area contributed by atoms with Gasteiger partial charge in [-0.2, -0.15) is 0 Å². The van der Waals surface area contributed by atoms with Crippen LogP contribution in [0, 0.1) is 23.0 Å². The number of nitro groups is 1. The molecule has 6 nitrogen and oxygen atoms in total. The fourth-order valence-corrected chi connectivity index (χ4v) is 3.58. The summed E-state index contributed by atoms with van der Waals surface area (Å²) < 4.78 is 0.866. The number of fused-ring (bicyclic) bond motifs is 1. The van der Waals surface area contributed by atoms with Crippen molar-refractivity contribution < 1.29 is 4.92 Å². The van der Waals surface area contributed by atoms with E-state index in [0.29, 0.717) is 11.6 Å². The third-order valence-electron chi connectivity index (χ3n) is 3.84. The summed E-state index contributed by atoms with van der Waals surface area (Å²) in [6.07, 6.45) is 2.21. The van der Waals surface area contributed by atoms with Gasteiger partial charge in [0.15, 0.2) is 0 Å². The van der Waals surface area contributed by atoms with Gasteiger partial charge in [-0.3, -0.25) is 10.1 Å². The summed E-state index contributed by atoms with van der Waals surface area (Å²) in [7, 11) is 0. The molecule has 0 saturated carbocycles. The van der Waals surface area contributed by atoms with Crippen LogP contribution in [0.25, 0.3) is 10.2 Å². The molecule has 2 heterocycles. The second-order valence-corrected chi connectivity index (χ2v) is 6.64. The standard InChI is InChI=1S/C14H18N4O2S/c1-9-17-12-6-11(13(18(19)20)7-14(12)21-9)16-5-3-10-2-4-15-8-10/h6-7,10,15-16H,2-5,8H2,1H3. The van der Waals surface area contributed by atoms with E-state index in [2.05, 4.69) is 15.6 Å². The maximum Gasteiger partial charge on any atom is 0.293 e. The number of aryl methyl sites for hydroxylation is 1. The number of nitrogens with zero attached hydrogens (tertiary/aromatic N) is 2. The smallest absolute Gasteiger partial charge is 0.293 e. The van der Waals surface area contributed by atoms with Gasteiger partial charge in [0.1, 0.15) is 5.69 Å². The van der Waals surface area contributed by atoms with Gasteiger partial charge in [-0.05, 0) is 44.8 Å². The monoisotopic (exact) mass is 306 g/mol. The van der Waals surface area contributed by atoms with Crippen LogP contribution in [-0.2, 0) is 0 Å². The van der Waals surface area contributed by atoms with E-state index in [9.17, 15) is 10.1 Å². The van der Waals surface area contributed by atoms with E-state index >= 15 is 0 Å². The number of aromatic nitrogens is 1. The molecule has 1 aliphatic heterocycles. The van der Waals surface area contributed by atoms with Gasteiger partial charge in [-0.25, -0.2) is 4.98 Å². The number of thiazole rings is 1. The highest BCUT2D eigenvalue weighted by Gasteiger charge is 2.18. The van der Waals surface area contributed by atoms with Crippen molar-refractivity contribution in [3.63, 3.8) is 0 Å². The van der Waals surface area contributed by atoms with E-state index in [1.807, 2.05) is 6.92 Å². The summed E-state index contributed by atoms with van der Waals surface area (Å²) in [6, 6.07) is 3.42. The second kappa shape index (κ2) is 5.95. The van der Waals surface area contributed by atoms with Gasteiger partial charge in [-0.15, -0.1) is 11.3 Å². The number of anilines is 1. The maximum atomic E-state index is 11.2. The van der Waals surface area contributed by atoms with Crippen LogP contribution in [0.3, 0.4) is 0 Å². The highest BCUT2D eigenvalue weighted by Crippen LogP contribution is 2.33. The normalized spacial score (nSPS) is 18.2. The molecule has 7 heteroatoms. The molecule has 0 spiro atoms. The largest absolute Gasteiger partial charge is 0.379 e. The molecule has 1 aromatic carbocycles. The number of hydrogen-bond acceptors (Lipinski definition) is 6. The van der Waals surface area contributed by atoms with Crippen LogP contribution in [0.5, 0.6) is 0 Å². The first-order valence-electron chi connectivity index (χ1n) is 7.13. The Bertz CT molecular complexity index is 664. The Hall–Kier alpha value is -1.73. The average molecular weight is 306 g/mol. The van der Waals surface area contributed by atoms with Crippen LogP contribution in [0.15, 0.2) is 12.1 Å². The topological polar surface area (TPSA) is 80.1 Å². The van der Waals surface area contributed by atoms with Crippen molar-refractivity contribution in [2.45, 2.75) is 19.8 Å². The first-order valence-corrected chi connectivity index (χ1v) is 7.95. The molecule has 0 amide bonds. The molecule has 2 N–H and O–H groups in total. The lowest BCUT2D eigenvalue weighted by Crippen LogP contribution is -2.13. The van der Waals surface area contributed by atoms with Crippen LogP contribution in [-0.4, -0.2) is 29.5 Å². The summed E-state index contributed by atoms with van der Waals surface area (Å²) >= 11 is 1.49. The summed E-state index contributed by atoms with van der Waals surface area (Å²) in [5, 5.41) is 18.7. The van der Waals surface area contributed by atoms with Crippen molar-refractivity contribution in [2.24, 2.45) is 5.92 Å². The Morgan fingerprint density at radius 2 is 2.43 bits per heavy atom. The molecular weight excluding hydrogens is 288 g/mol. The SMILES string of the molecule is Cc1nc2cc(NCCC3CCNC3)c([N+](=O)[O-])cc2s1. The Morgan fingerprint density at radius 1 is 1.57 bits per heavy atom. The zero-order valence-corrected chi connectivity index (χ0v) is 12.7. The van der Waals surface area contributed by atoms with E-state index in [4.69, 9.17) is 0 Å². The van der Waals surface area contributed by atoms with Crippen LogP contribution in [0.4, 0.5) is 11.4 Å². The Labute approximate surface area is 126 Å². The van der Waals surface area contributed by atoms with E-state index in [1.165, 1.54) is 17.8 Å². The van der Waals surface area contributed by atoms with Crippen molar-refractivity contribution in [1.82, 2.24) is 10.3 Å². The Kier molecular flexibility index (Phi) is 4.03. The maximum absolute atomic E-state index is 11.2. The molecule has 1 saturated heterocycles. The minimum absolute atomic E-state index is 0.135. The molecule has 1 aromatic heterocycles. The molecular formula is C14H18N4O2S. The van der Waals surface area contributed by atoms with Gasteiger partial charge in [0.2, 0.25) is 0 Å². The van der Waals surface area contributed by atoms with Crippen LogP contribution in [0.1, 0.15) is 17.8 Å². The number of hydrogen-bond donors (Lipinski definition) is 2. The van der Waals surface area contributed by atoms with E-state index in [1.54, 1.807) is 12.1 Å². The van der Waals surface area contributed by atoms with Crippen molar-refractivity contribution >= 4 is 32.9 Å². The molecule has 2 aromatic rings. The average Bonchev–Trinajstić information content (AvgIpc) is 3.05. The second-order valence-electron chi connectivity index (χ2n) is 5.40. The molecule has 3 rings (SSSR count). The third-order valence-corrected chi connectivity index (χ3v) is 4.77. The van der Waals surface area contributed by atoms with E-state index in [-0.39, 0.29) is 10.6 Å². The predicted molar refractivity (Wildman–Crippen MR) is 85.1 cm³/mol. The number of rotatable bonds is 5. The summed E-state index contributed by atoms with van der Waals surface area (Å²) in [5.74, 6) is 0.668. The van der Waals surface area contributed by atoms with Gasteiger partial charge in [0, 0.05) is 12.6 Å². The lowest BCUT2D eigenvalue weighted by Gasteiger charge is -2.10. The lowest BCUT2D eigenvalue weighted by molar-refractivity contribution is -0.383.